The maximum Gasteiger partial charge on any atom is 0.219 e. The predicted molar refractivity (Wildman–Crippen MR) is 115 cm³/mol. The van der Waals surface area contributed by atoms with E-state index in [1.54, 1.807) is 18.3 Å². The Balaban J connectivity index is 1.54. The Morgan fingerprint density at radius 1 is 1.28 bits per heavy atom. The molecule has 6 nitrogen and oxygen atoms in total. The third-order valence-electron chi connectivity index (χ3n) is 5.30. The Morgan fingerprint density at radius 2 is 2.03 bits per heavy atom. The molecule has 0 atom stereocenters. The lowest BCUT2D eigenvalue weighted by Crippen LogP contribution is -2.42. The van der Waals surface area contributed by atoms with E-state index < -0.39 is 0 Å². The quantitative estimate of drug-likeness (QED) is 0.659. The monoisotopic (exact) mass is 417 g/mol. The average molecular weight is 418 g/mol. The number of nitrogens with zero attached hydrogens (tertiary/aromatic N) is 3. The summed E-state index contributed by atoms with van der Waals surface area (Å²) in [6.45, 7) is 13.9. The number of rotatable bonds is 8. The first kappa shape index (κ1) is 21.7. The van der Waals surface area contributed by atoms with E-state index in [-0.39, 0.29) is 5.91 Å². The van der Waals surface area contributed by atoms with Crippen molar-refractivity contribution in [3.05, 3.63) is 44.9 Å². The number of carbonyl (C=O) groups is 1. The van der Waals surface area contributed by atoms with Crippen molar-refractivity contribution in [2.45, 2.75) is 40.8 Å². The van der Waals surface area contributed by atoms with Crippen LogP contribution < -0.4 is 4.74 Å². The third kappa shape index (κ3) is 6.26. The molecule has 1 fully saturated rings. The molecule has 0 radical (unpaired) electrons. The lowest BCUT2D eigenvalue weighted by atomic mass is 10.1. The van der Waals surface area contributed by atoms with Crippen molar-refractivity contribution in [2.24, 2.45) is 0 Å². The molecule has 0 saturated carbocycles. The van der Waals surface area contributed by atoms with Gasteiger partial charge in [0, 0.05) is 38.5 Å². The van der Waals surface area contributed by atoms with Crippen molar-refractivity contribution < 1.29 is 14.3 Å². The number of carbonyl (C=O) groups excluding carboxylic acids is 1. The molecule has 1 aliphatic rings. The second kappa shape index (κ2) is 10.2. The minimum Gasteiger partial charge on any atom is -0.486 e. The summed E-state index contributed by atoms with van der Waals surface area (Å²) in [5, 5.41) is 2.95. The Bertz CT molecular complexity index is 831. The van der Waals surface area contributed by atoms with Crippen molar-refractivity contribution in [3.63, 3.8) is 0 Å². The minimum absolute atomic E-state index is 0.0786. The number of benzene rings is 1. The van der Waals surface area contributed by atoms with E-state index >= 15 is 0 Å². The molecular weight excluding hydrogens is 386 g/mol. The molecule has 0 spiro atoms. The van der Waals surface area contributed by atoms with Crippen LogP contribution in [-0.4, -0.2) is 60.1 Å². The van der Waals surface area contributed by atoms with Crippen LogP contribution in [0, 0.1) is 20.8 Å². The molecule has 158 valence electrons. The molecule has 2 heterocycles. The highest BCUT2D eigenvalue weighted by molar-refractivity contribution is 7.09. The van der Waals surface area contributed by atoms with Gasteiger partial charge < -0.3 is 14.4 Å². The van der Waals surface area contributed by atoms with Gasteiger partial charge in [0.2, 0.25) is 5.91 Å². The molecule has 1 amide bonds. The van der Waals surface area contributed by atoms with Gasteiger partial charge in [0.25, 0.3) is 0 Å². The third-order valence-corrected chi connectivity index (χ3v) is 6.17. The Kier molecular flexibility index (Phi) is 7.64. The highest BCUT2D eigenvalue weighted by Gasteiger charge is 2.16. The zero-order chi connectivity index (χ0) is 20.8. The summed E-state index contributed by atoms with van der Waals surface area (Å²) < 4.78 is 11.4. The number of ether oxygens (including phenoxy) is 2. The standard InChI is InChI=1S/C22H31N3O3S/c1-16-11-17(2)18(3)21(12-16)28-14-22-23-20(15-29-22)13-25(19(4)26)6-5-24-7-9-27-10-8-24/h11-12,15H,5-10,13-14H2,1-4H3. The van der Waals surface area contributed by atoms with Crippen LogP contribution in [0.2, 0.25) is 0 Å². The first-order valence-electron chi connectivity index (χ1n) is 10.1. The zero-order valence-electron chi connectivity index (χ0n) is 17.9. The van der Waals surface area contributed by atoms with Crippen LogP contribution in [0.15, 0.2) is 17.5 Å². The molecule has 1 aliphatic heterocycles. The Labute approximate surface area is 177 Å². The van der Waals surface area contributed by atoms with Gasteiger partial charge in [-0.1, -0.05) is 6.07 Å². The van der Waals surface area contributed by atoms with Gasteiger partial charge in [0.05, 0.1) is 25.5 Å². The van der Waals surface area contributed by atoms with Crippen LogP contribution in [0.25, 0.3) is 0 Å². The van der Waals surface area contributed by atoms with E-state index in [1.807, 2.05) is 10.3 Å². The van der Waals surface area contributed by atoms with Gasteiger partial charge in [0.1, 0.15) is 17.4 Å². The summed E-state index contributed by atoms with van der Waals surface area (Å²) in [5.41, 5.74) is 4.51. The summed E-state index contributed by atoms with van der Waals surface area (Å²) in [7, 11) is 0. The summed E-state index contributed by atoms with van der Waals surface area (Å²) in [5.74, 6) is 0.991. The second-order valence-corrected chi connectivity index (χ2v) is 8.56. The number of hydrogen-bond acceptors (Lipinski definition) is 6. The van der Waals surface area contributed by atoms with Crippen LogP contribution in [0.3, 0.4) is 0 Å². The second-order valence-electron chi connectivity index (χ2n) is 7.62. The molecule has 29 heavy (non-hydrogen) atoms. The number of aryl methyl sites for hydroxylation is 2. The van der Waals surface area contributed by atoms with Crippen LogP contribution in [0.5, 0.6) is 5.75 Å². The molecule has 1 aromatic carbocycles. The molecule has 2 aromatic rings. The Hall–Kier alpha value is -1.96. The van der Waals surface area contributed by atoms with Gasteiger partial charge in [-0.2, -0.15) is 0 Å². The van der Waals surface area contributed by atoms with E-state index in [1.165, 1.54) is 16.7 Å². The van der Waals surface area contributed by atoms with Gasteiger partial charge in [-0.05, 0) is 43.5 Å². The van der Waals surface area contributed by atoms with Crippen LogP contribution in [0.4, 0.5) is 0 Å². The average Bonchev–Trinajstić information content (AvgIpc) is 3.15. The van der Waals surface area contributed by atoms with E-state index in [0.29, 0.717) is 19.7 Å². The Morgan fingerprint density at radius 3 is 2.76 bits per heavy atom. The maximum atomic E-state index is 12.1. The van der Waals surface area contributed by atoms with Crippen LogP contribution in [0.1, 0.15) is 34.3 Å². The van der Waals surface area contributed by atoms with Crippen molar-refractivity contribution in [1.82, 2.24) is 14.8 Å². The fourth-order valence-corrected chi connectivity index (χ4v) is 4.10. The number of amides is 1. The summed E-state index contributed by atoms with van der Waals surface area (Å²) >= 11 is 1.58. The van der Waals surface area contributed by atoms with Crippen molar-refractivity contribution in [2.75, 3.05) is 39.4 Å². The first-order chi connectivity index (χ1) is 13.9. The van der Waals surface area contributed by atoms with Gasteiger partial charge in [0.15, 0.2) is 0 Å². The van der Waals surface area contributed by atoms with Crippen molar-refractivity contribution in [1.29, 1.82) is 0 Å². The van der Waals surface area contributed by atoms with Gasteiger partial charge in [-0.3, -0.25) is 9.69 Å². The molecular formula is C22H31N3O3S. The predicted octanol–water partition coefficient (Wildman–Crippen LogP) is 3.33. The molecule has 0 N–H and O–H groups in total. The number of hydrogen-bond donors (Lipinski definition) is 0. The van der Waals surface area contributed by atoms with Crippen molar-refractivity contribution >= 4 is 17.2 Å². The van der Waals surface area contributed by atoms with E-state index in [4.69, 9.17) is 9.47 Å². The highest BCUT2D eigenvalue weighted by atomic mass is 32.1. The van der Waals surface area contributed by atoms with Crippen molar-refractivity contribution in [3.8, 4) is 5.75 Å². The summed E-state index contributed by atoms with van der Waals surface area (Å²) in [6, 6.07) is 4.23. The molecule has 3 rings (SSSR count). The zero-order valence-corrected chi connectivity index (χ0v) is 18.7. The van der Waals surface area contributed by atoms with Gasteiger partial charge in [-0.15, -0.1) is 11.3 Å². The highest BCUT2D eigenvalue weighted by Crippen LogP contribution is 2.25. The fraction of sp³-hybridized carbons (Fsp3) is 0.545. The SMILES string of the molecule is CC(=O)N(CCN1CCOCC1)Cc1csc(COc2cc(C)cc(C)c2C)n1. The molecule has 0 unspecified atom stereocenters. The van der Waals surface area contributed by atoms with E-state index in [0.717, 1.165) is 49.3 Å². The van der Waals surface area contributed by atoms with E-state index in [2.05, 4.69) is 42.8 Å². The molecule has 7 heteroatoms. The minimum atomic E-state index is 0.0786. The molecule has 0 bridgehead atoms. The normalized spacial score (nSPS) is 14.8. The largest absolute Gasteiger partial charge is 0.486 e. The number of aromatic nitrogens is 1. The number of morpholine rings is 1. The van der Waals surface area contributed by atoms with Crippen LogP contribution in [-0.2, 0) is 22.7 Å². The van der Waals surface area contributed by atoms with Crippen LogP contribution >= 0.6 is 11.3 Å². The van der Waals surface area contributed by atoms with Gasteiger partial charge >= 0.3 is 0 Å². The van der Waals surface area contributed by atoms with Gasteiger partial charge in [-0.25, -0.2) is 4.98 Å². The molecule has 0 aliphatic carbocycles. The smallest absolute Gasteiger partial charge is 0.219 e. The summed E-state index contributed by atoms with van der Waals surface area (Å²) in [6.07, 6.45) is 0. The first-order valence-corrected chi connectivity index (χ1v) is 11.0. The molecule has 1 saturated heterocycles. The number of thiazole rings is 1. The molecule has 1 aromatic heterocycles. The van der Waals surface area contributed by atoms with E-state index in [9.17, 15) is 4.79 Å². The topological polar surface area (TPSA) is 54.9 Å². The lowest BCUT2D eigenvalue weighted by Gasteiger charge is -2.29. The summed E-state index contributed by atoms with van der Waals surface area (Å²) in [4.78, 5) is 21.0. The fourth-order valence-electron chi connectivity index (χ4n) is 3.41. The maximum absolute atomic E-state index is 12.1. The lowest BCUT2D eigenvalue weighted by molar-refractivity contribution is -0.129.